The van der Waals surface area contributed by atoms with Gasteiger partial charge >= 0.3 is 0 Å². The molecule has 0 heterocycles. The number of rotatable bonds is 4. The Bertz CT molecular complexity index is 748. The molecule has 0 fully saturated rings. The van der Waals surface area contributed by atoms with Crippen LogP contribution in [0.1, 0.15) is 5.56 Å². The molecule has 2 aromatic rings. The Morgan fingerprint density at radius 3 is 2.19 bits per heavy atom. The molecule has 7 heteroatoms. The molecule has 0 bridgehead atoms. The second kappa shape index (κ2) is 6.09. The molecule has 0 atom stereocenters. The Kier molecular flexibility index (Phi) is 4.61. The van der Waals surface area contributed by atoms with Gasteiger partial charge in [0.2, 0.25) is 10.0 Å². The van der Waals surface area contributed by atoms with Crippen LogP contribution in [0.2, 0.25) is 5.02 Å². The average molecular weight is 332 g/mol. The van der Waals surface area contributed by atoms with Gasteiger partial charge in [-0.15, -0.1) is 0 Å². The molecule has 112 valence electrons. The third-order valence-corrected chi connectivity index (χ3v) is 5.10. The number of benzene rings is 2. The van der Waals surface area contributed by atoms with Crippen molar-refractivity contribution in [3.63, 3.8) is 0 Å². The van der Waals surface area contributed by atoms with Crippen LogP contribution in [0.3, 0.4) is 0 Å². The average Bonchev–Trinajstić information content (AvgIpc) is 2.42. The van der Waals surface area contributed by atoms with Gasteiger partial charge in [0.05, 0.1) is 4.90 Å². The van der Waals surface area contributed by atoms with Gasteiger partial charge in [0.25, 0.3) is 0 Å². The largest absolute Gasteiger partial charge is 0.243 e. The molecule has 0 spiro atoms. The van der Waals surface area contributed by atoms with Gasteiger partial charge in [-0.05, 0) is 42.0 Å². The van der Waals surface area contributed by atoms with Crippen LogP contribution in [0.4, 0.5) is 8.78 Å². The summed E-state index contributed by atoms with van der Waals surface area (Å²) < 4.78 is 51.5. The Balaban J connectivity index is 2.26. The van der Waals surface area contributed by atoms with E-state index in [0.29, 0.717) is 5.56 Å². The topological polar surface area (TPSA) is 37.4 Å². The maximum atomic E-state index is 13.0. The number of halogens is 3. The molecule has 0 amide bonds. The SMILES string of the molecule is CN(Cc1ccc(F)cc1Cl)S(=O)(=O)c1ccc(F)cc1. The van der Waals surface area contributed by atoms with Crippen molar-refractivity contribution in [3.8, 4) is 0 Å². The first-order chi connectivity index (χ1) is 9.80. The summed E-state index contributed by atoms with van der Waals surface area (Å²) in [6, 6.07) is 8.28. The third-order valence-electron chi connectivity index (χ3n) is 2.93. The molecular formula is C14H12ClF2NO2S. The van der Waals surface area contributed by atoms with E-state index in [4.69, 9.17) is 11.6 Å². The van der Waals surface area contributed by atoms with Gasteiger partial charge < -0.3 is 0 Å². The van der Waals surface area contributed by atoms with Crippen LogP contribution >= 0.6 is 11.6 Å². The molecule has 2 aromatic carbocycles. The van der Waals surface area contributed by atoms with Crippen molar-refractivity contribution >= 4 is 21.6 Å². The zero-order valence-electron chi connectivity index (χ0n) is 11.1. The van der Waals surface area contributed by atoms with E-state index >= 15 is 0 Å². The highest BCUT2D eigenvalue weighted by atomic mass is 35.5. The standard InChI is InChI=1S/C14H12ClF2NO2S/c1-18(9-10-2-3-12(17)8-14(10)15)21(19,20)13-6-4-11(16)5-7-13/h2-8H,9H2,1H3. The highest BCUT2D eigenvalue weighted by molar-refractivity contribution is 7.89. The molecule has 0 radical (unpaired) electrons. The summed E-state index contributed by atoms with van der Waals surface area (Å²) in [5.41, 5.74) is 0.478. The zero-order valence-corrected chi connectivity index (χ0v) is 12.6. The van der Waals surface area contributed by atoms with Crippen molar-refractivity contribution in [1.82, 2.24) is 4.31 Å². The summed E-state index contributed by atoms with van der Waals surface area (Å²) in [6.45, 7) is -0.0151. The van der Waals surface area contributed by atoms with E-state index in [0.717, 1.165) is 22.5 Å². The molecule has 0 saturated heterocycles. The lowest BCUT2D eigenvalue weighted by Crippen LogP contribution is -2.26. The summed E-state index contributed by atoms with van der Waals surface area (Å²) in [5, 5.41) is 0.149. The molecule has 0 unspecified atom stereocenters. The molecule has 0 aliphatic carbocycles. The summed E-state index contributed by atoms with van der Waals surface area (Å²) >= 11 is 5.88. The zero-order chi connectivity index (χ0) is 15.6. The lowest BCUT2D eigenvalue weighted by Gasteiger charge is -2.18. The normalized spacial score (nSPS) is 11.9. The van der Waals surface area contributed by atoms with E-state index in [2.05, 4.69) is 0 Å². The fourth-order valence-corrected chi connectivity index (χ4v) is 3.14. The fourth-order valence-electron chi connectivity index (χ4n) is 1.76. The van der Waals surface area contributed by atoms with Gasteiger partial charge in [-0.3, -0.25) is 0 Å². The Morgan fingerprint density at radius 1 is 1.05 bits per heavy atom. The van der Waals surface area contributed by atoms with E-state index in [1.165, 1.54) is 31.3 Å². The predicted octanol–water partition coefficient (Wildman–Crippen LogP) is 3.44. The van der Waals surface area contributed by atoms with Crippen LogP contribution in [-0.2, 0) is 16.6 Å². The minimum atomic E-state index is -3.77. The molecule has 21 heavy (non-hydrogen) atoms. The minimum Gasteiger partial charge on any atom is -0.207 e. The quantitative estimate of drug-likeness (QED) is 0.860. The minimum absolute atomic E-state index is 0.0151. The number of hydrogen-bond acceptors (Lipinski definition) is 2. The molecule has 0 aliphatic rings. The summed E-state index contributed by atoms with van der Waals surface area (Å²) in [4.78, 5) is -0.0235. The first kappa shape index (κ1) is 15.9. The van der Waals surface area contributed by atoms with E-state index in [1.54, 1.807) is 0 Å². The van der Waals surface area contributed by atoms with E-state index < -0.39 is 21.7 Å². The molecule has 0 aliphatic heterocycles. The predicted molar refractivity (Wildman–Crippen MR) is 76.5 cm³/mol. The van der Waals surface area contributed by atoms with Crippen molar-refractivity contribution < 1.29 is 17.2 Å². The first-order valence-corrected chi connectivity index (χ1v) is 7.78. The maximum absolute atomic E-state index is 13.0. The Labute approximate surface area is 126 Å². The van der Waals surface area contributed by atoms with Gasteiger partial charge in [0.1, 0.15) is 11.6 Å². The van der Waals surface area contributed by atoms with Crippen LogP contribution in [0, 0.1) is 11.6 Å². The summed E-state index contributed by atoms with van der Waals surface area (Å²) in [5.74, 6) is -1.01. The van der Waals surface area contributed by atoms with Crippen molar-refractivity contribution in [2.75, 3.05) is 7.05 Å². The van der Waals surface area contributed by atoms with Gasteiger partial charge in [-0.1, -0.05) is 17.7 Å². The maximum Gasteiger partial charge on any atom is 0.243 e. The van der Waals surface area contributed by atoms with E-state index in [-0.39, 0.29) is 16.5 Å². The second-order valence-electron chi connectivity index (χ2n) is 4.45. The molecule has 0 N–H and O–H groups in total. The molecular weight excluding hydrogens is 320 g/mol. The molecule has 2 rings (SSSR count). The van der Waals surface area contributed by atoms with Gasteiger partial charge in [-0.25, -0.2) is 17.2 Å². The van der Waals surface area contributed by atoms with Crippen molar-refractivity contribution in [3.05, 3.63) is 64.7 Å². The number of nitrogens with zero attached hydrogens (tertiary/aromatic N) is 1. The number of hydrogen-bond donors (Lipinski definition) is 0. The first-order valence-electron chi connectivity index (χ1n) is 5.96. The van der Waals surface area contributed by atoms with Crippen molar-refractivity contribution in [1.29, 1.82) is 0 Å². The Morgan fingerprint density at radius 2 is 1.62 bits per heavy atom. The van der Waals surface area contributed by atoms with Crippen molar-refractivity contribution in [2.45, 2.75) is 11.4 Å². The van der Waals surface area contributed by atoms with E-state index in [9.17, 15) is 17.2 Å². The van der Waals surface area contributed by atoms with Gasteiger partial charge in [0, 0.05) is 18.6 Å². The summed E-state index contributed by atoms with van der Waals surface area (Å²) in [7, 11) is -2.39. The highest BCUT2D eigenvalue weighted by Gasteiger charge is 2.21. The molecule has 0 aromatic heterocycles. The van der Waals surface area contributed by atoms with E-state index in [1.807, 2.05) is 0 Å². The van der Waals surface area contributed by atoms with Crippen LogP contribution in [-0.4, -0.2) is 19.8 Å². The third kappa shape index (κ3) is 3.58. The van der Waals surface area contributed by atoms with Gasteiger partial charge in [-0.2, -0.15) is 4.31 Å². The smallest absolute Gasteiger partial charge is 0.207 e. The monoisotopic (exact) mass is 331 g/mol. The lowest BCUT2D eigenvalue weighted by molar-refractivity contribution is 0.466. The van der Waals surface area contributed by atoms with Crippen LogP contribution < -0.4 is 0 Å². The van der Waals surface area contributed by atoms with Gasteiger partial charge in [0.15, 0.2) is 0 Å². The van der Waals surface area contributed by atoms with Crippen LogP contribution in [0.25, 0.3) is 0 Å². The highest BCUT2D eigenvalue weighted by Crippen LogP contribution is 2.22. The Hall–Kier alpha value is -1.50. The lowest BCUT2D eigenvalue weighted by atomic mass is 10.2. The molecule has 3 nitrogen and oxygen atoms in total. The molecule has 0 saturated carbocycles. The van der Waals surface area contributed by atoms with Crippen LogP contribution in [0.5, 0.6) is 0 Å². The second-order valence-corrected chi connectivity index (χ2v) is 6.90. The van der Waals surface area contributed by atoms with Crippen LogP contribution in [0.15, 0.2) is 47.4 Å². The summed E-state index contributed by atoms with van der Waals surface area (Å²) in [6.07, 6.45) is 0. The fraction of sp³-hybridized carbons (Fsp3) is 0.143. The number of sulfonamides is 1. The van der Waals surface area contributed by atoms with Crippen molar-refractivity contribution in [2.24, 2.45) is 0 Å².